The molecule has 2 aromatic carbocycles. The Kier molecular flexibility index (Phi) is 7.06. The third-order valence-corrected chi connectivity index (χ3v) is 4.68. The highest BCUT2D eigenvalue weighted by molar-refractivity contribution is 6.30. The minimum atomic E-state index is -0.462. The number of likely N-dealkylation sites (tertiary alicyclic amines) is 1. The van der Waals surface area contributed by atoms with Crippen molar-refractivity contribution >= 4 is 23.5 Å². The van der Waals surface area contributed by atoms with Crippen molar-refractivity contribution in [2.24, 2.45) is 4.99 Å². The second-order valence-corrected chi connectivity index (χ2v) is 7.07. The summed E-state index contributed by atoms with van der Waals surface area (Å²) in [5, 5.41) is 10.9. The summed E-state index contributed by atoms with van der Waals surface area (Å²) in [6, 6.07) is 15.1. The molecule has 1 heterocycles. The van der Waals surface area contributed by atoms with E-state index >= 15 is 0 Å². The topological polar surface area (TPSA) is 45.1 Å². The molecule has 0 spiro atoms. The highest BCUT2D eigenvalue weighted by Crippen LogP contribution is 2.19. The first-order valence-electron chi connectivity index (χ1n) is 9.12. The van der Waals surface area contributed by atoms with Gasteiger partial charge in [0.2, 0.25) is 0 Å². The molecular weight excluding hydrogens is 348 g/mol. The molecule has 1 fully saturated rings. The average Bonchev–Trinajstić information content (AvgIpc) is 2.67. The summed E-state index contributed by atoms with van der Waals surface area (Å²) in [5.74, 6) is 0.744. The Labute approximate surface area is 160 Å². The molecule has 0 aromatic heterocycles. The zero-order chi connectivity index (χ0) is 18.2. The van der Waals surface area contributed by atoms with E-state index in [0.29, 0.717) is 18.2 Å². The summed E-state index contributed by atoms with van der Waals surface area (Å²) in [6.45, 7) is 3.15. The number of hydrogen-bond donors (Lipinski definition) is 1. The first-order valence-corrected chi connectivity index (χ1v) is 9.50. The summed E-state index contributed by atoms with van der Waals surface area (Å²) in [4.78, 5) is 6.75. The quantitative estimate of drug-likeness (QED) is 0.736. The van der Waals surface area contributed by atoms with Gasteiger partial charge in [0.05, 0.1) is 5.69 Å². The second kappa shape index (κ2) is 9.72. The lowest BCUT2D eigenvalue weighted by Gasteiger charge is -2.28. The van der Waals surface area contributed by atoms with E-state index in [2.05, 4.69) is 9.89 Å². The number of aliphatic hydroxyl groups is 1. The van der Waals surface area contributed by atoms with Gasteiger partial charge in [-0.15, -0.1) is 0 Å². The number of rotatable bonds is 7. The van der Waals surface area contributed by atoms with Crippen molar-refractivity contribution < 1.29 is 9.84 Å². The van der Waals surface area contributed by atoms with Crippen LogP contribution in [-0.2, 0) is 0 Å². The monoisotopic (exact) mass is 372 g/mol. The van der Waals surface area contributed by atoms with Gasteiger partial charge in [-0.05, 0) is 67.9 Å². The molecule has 1 N–H and O–H groups in total. The molecule has 0 saturated carbocycles. The van der Waals surface area contributed by atoms with E-state index in [-0.39, 0.29) is 0 Å². The van der Waals surface area contributed by atoms with Crippen LogP contribution in [0.15, 0.2) is 53.5 Å². The Morgan fingerprint density at radius 3 is 2.42 bits per heavy atom. The Morgan fingerprint density at radius 1 is 1.04 bits per heavy atom. The predicted octanol–water partition coefficient (Wildman–Crippen LogP) is 4.32. The summed E-state index contributed by atoms with van der Waals surface area (Å²) in [6.07, 6.45) is 5.09. The maximum absolute atomic E-state index is 10.1. The highest BCUT2D eigenvalue weighted by atomic mass is 35.5. The Morgan fingerprint density at radius 2 is 1.73 bits per heavy atom. The molecule has 1 aliphatic rings. The molecule has 138 valence electrons. The number of ether oxygens (including phenoxy) is 1. The van der Waals surface area contributed by atoms with Gasteiger partial charge in [0.15, 0.2) is 0 Å². The van der Waals surface area contributed by atoms with Crippen LogP contribution in [0.4, 0.5) is 5.69 Å². The number of aliphatic imine (C=N–C) groups is 1. The van der Waals surface area contributed by atoms with Crippen molar-refractivity contribution in [1.29, 1.82) is 0 Å². The molecule has 0 unspecified atom stereocenters. The molecule has 2 aromatic rings. The number of halogens is 1. The van der Waals surface area contributed by atoms with Crippen molar-refractivity contribution in [3.05, 3.63) is 59.1 Å². The van der Waals surface area contributed by atoms with Crippen LogP contribution in [0.25, 0.3) is 0 Å². The van der Waals surface area contributed by atoms with Crippen molar-refractivity contribution in [2.45, 2.75) is 25.4 Å². The van der Waals surface area contributed by atoms with E-state index in [4.69, 9.17) is 16.3 Å². The molecule has 26 heavy (non-hydrogen) atoms. The van der Waals surface area contributed by atoms with Crippen LogP contribution in [-0.4, -0.2) is 48.6 Å². The number of aliphatic hydroxyl groups excluding tert-OH is 1. The highest BCUT2D eigenvalue weighted by Gasteiger charge is 2.14. The number of piperidine rings is 1. The van der Waals surface area contributed by atoms with Gasteiger partial charge in [0.1, 0.15) is 18.5 Å². The third-order valence-electron chi connectivity index (χ3n) is 4.43. The fourth-order valence-corrected chi connectivity index (χ4v) is 3.14. The maximum atomic E-state index is 10.1. The molecule has 1 saturated heterocycles. The van der Waals surface area contributed by atoms with Gasteiger partial charge in [-0.3, -0.25) is 4.99 Å². The SMILES string of the molecule is O[C@H](COc1ccc(N=Cc2ccc(Cl)cc2)cc1)CN1CCCCC1. The van der Waals surface area contributed by atoms with Crippen molar-refractivity contribution in [1.82, 2.24) is 4.90 Å². The smallest absolute Gasteiger partial charge is 0.119 e. The van der Waals surface area contributed by atoms with E-state index in [0.717, 1.165) is 30.1 Å². The van der Waals surface area contributed by atoms with Gasteiger partial charge in [-0.25, -0.2) is 0 Å². The molecule has 0 aliphatic carbocycles. The number of β-amino-alcohol motifs (C(OH)–C–C–N with tert-alkyl or cyclic N) is 1. The van der Waals surface area contributed by atoms with Crippen LogP contribution >= 0.6 is 11.6 Å². The minimum Gasteiger partial charge on any atom is -0.491 e. The van der Waals surface area contributed by atoms with Crippen molar-refractivity contribution in [3.63, 3.8) is 0 Å². The number of hydrogen-bond acceptors (Lipinski definition) is 4. The van der Waals surface area contributed by atoms with Gasteiger partial charge < -0.3 is 14.7 Å². The first-order chi connectivity index (χ1) is 12.7. The molecule has 0 radical (unpaired) electrons. The summed E-state index contributed by atoms with van der Waals surface area (Å²) in [7, 11) is 0. The van der Waals surface area contributed by atoms with Crippen LogP contribution in [0.2, 0.25) is 5.02 Å². The lowest BCUT2D eigenvalue weighted by atomic mass is 10.1. The zero-order valence-corrected chi connectivity index (χ0v) is 15.6. The number of nitrogens with zero attached hydrogens (tertiary/aromatic N) is 2. The van der Waals surface area contributed by atoms with Crippen LogP contribution in [0.1, 0.15) is 24.8 Å². The van der Waals surface area contributed by atoms with E-state index in [9.17, 15) is 5.11 Å². The van der Waals surface area contributed by atoms with Gasteiger partial charge in [-0.2, -0.15) is 0 Å². The van der Waals surface area contributed by atoms with E-state index < -0.39 is 6.10 Å². The Balaban J connectivity index is 1.45. The van der Waals surface area contributed by atoms with Crippen molar-refractivity contribution in [3.8, 4) is 5.75 Å². The van der Waals surface area contributed by atoms with Gasteiger partial charge >= 0.3 is 0 Å². The van der Waals surface area contributed by atoms with Gasteiger partial charge in [-0.1, -0.05) is 30.2 Å². The predicted molar refractivity (Wildman–Crippen MR) is 107 cm³/mol. The summed E-state index contributed by atoms with van der Waals surface area (Å²) in [5.41, 5.74) is 1.84. The molecule has 3 rings (SSSR count). The van der Waals surface area contributed by atoms with Crippen LogP contribution in [0, 0.1) is 0 Å². The van der Waals surface area contributed by atoms with Crippen molar-refractivity contribution in [2.75, 3.05) is 26.2 Å². The van der Waals surface area contributed by atoms with E-state index in [1.165, 1.54) is 19.3 Å². The molecule has 0 amide bonds. The summed E-state index contributed by atoms with van der Waals surface area (Å²) >= 11 is 5.87. The van der Waals surface area contributed by atoms with Gasteiger partial charge in [0.25, 0.3) is 0 Å². The first kappa shape index (κ1) is 18.9. The fraction of sp³-hybridized carbons (Fsp3) is 0.381. The minimum absolute atomic E-state index is 0.309. The second-order valence-electron chi connectivity index (χ2n) is 6.63. The number of benzene rings is 2. The lowest BCUT2D eigenvalue weighted by Crippen LogP contribution is -2.38. The Bertz CT molecular complexity index is 695. The Hall–Kier alpha value is -1.88. The van der Waals surface area contributed by atoms with E-state index in [1.807, 2.05) is 48.5 Å². The zero-order valence-electron chi connectivity index (χ0n) is 14.9. The normalized spacial score (nSPS) is 16.7. The summed E-state index contributed by atoms with van der Waals surface area (Å²) < 4.78 is 5.70. The maximum Gasteiger partial charge on any atom is 0.119 e. The van der Waals surface area contributed by atoms with Crippen LogP contribution in [0.3, 0.4) is 0 Å². The molecule has 4 nitrogen and oxygen atoms in total. The lowest BCUT2D eigenvalue weighted by molar-refractivity contribution is 0.0617. The van der Waals surface area contributed by atoms with Gasteiger partial charge in [0, 0.05) is 17.8 Å². The third kappa shape index (κ3) is 6.13. The molecule has 1 aliphatic heterocycles. The van der Waals surface area contributed by atoms with E-state index in [1.54, 1.807) is 6.21 Å². The average molecular weight is 373 g/mol. The van der Waals surface area contributed by atoms with Crippen LogP contribution < -0.4 is 4.74 Å². The molecule has 5 heteroatoms. The molecule has 0 bridgehead atoms. The largest absolute Gasteiger partial charge is 0.491 e. The van der Waals surface area contributed by atoms with Crippen LogP contribution in [0.5, 0.6) is 5.75 Å². The molecule has 1 atom stereocenters. The standard InChI is InChI=1S/C21H25ClN2O2/c22-18-6-4-17(5-7-18)14-23-19-8-10-21(11-9-19)26-16-20(25)15-24-12-2-1-3-13-24/h4-11,14,20,25H,1-3,12-13,15-16H2/t20-/m0/s1. The fourth-order valence-electron chi connectivity index (χ4n) is 3.01. The molecular formula is C21H25ClN2O2.